The minimum absolute atomic E-state index is 0.102. The summed E-state index contributed by atoms with van der Waals surface area (Å²) in [5, 5.41) is 0. The first-order valence-electron chi connectivity index (χ1n) is 18.3. The summed E-state index contributed by atoms with van der Waals surface area (Å²) in [5.41, 5.74) is 3.47. The number of nitrogens with zero attached hydrogens (tertiary/aromatic N) is 2. The van der Waals surface area contributed by atoms with Gasteiger partial charge in [-0.05, 0) is 37.1 Å². The lowest BCUT2D eigenvalue weighted by atomic mass is 9.88. The fraction of sp³-hybridized carbons (Fsp3) is 0.381. The number of rotatable bonds is 10. The van der Waals surface area contributed by atoms with Crippen LogP contribution in [0.15, 0.2) is 97.1 Å². The van der Waals surface area contributed by atoms with Crippen molar-refractivity contribution in [3.8, 4) is 23.0 Å². The molecule has 0 radical (unpaired) electrons. The van der Waals surface area contributed by atoms with Crippen molar-refractivity contribution in [1.82, 2.24) is 0 Å². The summed E-state index contributed by atoms with van der Waals surface area (Å²) in [6.45, 7) is 5.68. The molecule has 13 heteroatoms. The van der Waals surface area contributed by atoms with Crippen LogP contribution in [0.4, 0.5) is 0 Å². The van der Waals surface area contributed by atoms with Crippen molar-refractivity contribution < 1.29 is 56.7 Å². The van der Waals surface area contributed by atoms with Gasteiger partial charge in [0.25, 0.3) is 0 Å². The van der Waals surface area contributed by atoms with Gasteiger partial charge in [-0.1, -0.05) is 86.6 Å². The summed E-state index contributed by atoms with van der Waals surface area (Å²) < 4.78 is 33.9. The van der Waals surface area contributed by atoms with Crippen molar-refractivity contribution in [3.05, 3.63) is 119 Å². The Morgan fingerprint density at radius 1 is 0.600 bits per heavy atom. The van der Waals surface area contributed by atoms with E-state index in [2.05, 4.69) is 56.1 Å². The van der Waals surface area contributed by atoms with E-state index in [0.29, 0.717) is 0 Å². The molecule has 0 spiro atoms. The zero-order valence-electron chi connectivity index (χ0n) is 32.8. The van der Waals surface area contributed by atoms with Crippen LogP contribution >= 0.6 is 7.82 Å². The second kappa shape index (κ2) is 18.4. The van der Waals surface area contributed by atoms with Crippen LogP contribution < -0.4 is 19.3 Å². The number of hydrogen-bond donors (Lipinski definition) is 1. The van der Waals surface area contributed by atoms with Gasteiger partial charge in [-0.25, -0.2) is 0 Å². The van der Waals surface area contributed by atoms with Gasteiger partial charge in [-0.2, -0.15) is 0 Å². The van der Waals surface area contributed by atoms with Gasteiger partial charge in [0.15, 0.2) is 12.2 Å². The molecule has 0 bridgehead atoms. The first-order chi connectivity index (χ1) is 25.8. The number of hydrogen-bond acceptors (Lipinski definition) is 9. The average Bonchev–Trinajstić information content (AvgIpc) is 3.10. The van der Waals surface area contributed by atoms with Gasteiger partial charge < -0.3 is 47.2 Å². The molecule has 2 atom stereocenters. The second-order valence-electron chi connectivity index (χ2n) is 15.6. The minimum Gasteiger partial charge on any atom is -0.790 e. The number of ether oxygens (including phenoxy) is 4. The minimum atomic E-state index is -5.14. The molecule has 2 aliphatic rings. The number of para-hydroxylation sites is 4. The predicted molar refractivity (Wildman–Crippen MR) is 206 cm³/mol. The number of phosphoric acid groups is 1. The summed E-state index contributed by atoms with van der Waals surface area (Å²) in [4.78, 5) is 50.5. The van der Waals surface area contributed by atoms with Gasteiger partial charge in [-0.3, -0.25) is 9.59 Å². The Morgan fingerprint density at radius 3 is 1.05 bits per heavy atom. The molecule has 12 nitrogen and oxygen atoms in total. The van der Waals surface area contributed by atoms with Gasteiger partial charge in [0, 0.05) is 22.3 Å². The SMILES string of the molecule is CCC(C[N+](C)(C)C)OC(=O)C1c2ccccc2Oc2ccccc21.CCC(C[N+](C)(C)C)OC(=O)C1c2ccccc2Oc2ccccc21.O=P([O-])([O-])O. The van der Waals surface area contributed by atoms with E-state index in [9.17, 15) is 9.59 Å². The first kappa shape index (κ1) is 43.2. The lowest BCUT2D eigenvalue weighted by molar-refractivity contribution is -0.873. The molecule has 2 heterocycles. The monoisotopic (exact) mass is 776 g/mol. The van der Waals surface area contributed by atoms with Crippen molar-refractivity contribution in [2.45, 2.75) is 50.7 Å². The van der Waals surface area contributed by atoms with Gasteiger partial charge in [0.05, 0.1) is 50.1 Å². The van der Waals surface area contributed by atoms with Crippen LogP contribution in [-0.2, 0) is 23.6 Å². The Hall–Kier alpha value is -4.55. The molecule has 2 unspecified atom stereocenters. The highest BCUT2D eigenvalue weighted by atomic mass is 31.2. The molecule has 1 N–H and O–H groups in total. The standard InChI is InChI=1S/2C21H26NO3.H3O4P/c2*1-5-15(14-22(2,3)4)24-21(23)20-16-10-6-8-12-18(16)25-19-13-9-7-11-17(19)20;1-5(2,3)4/h2*6-13,15,20H,5,14H2,1-4H3;(H3,1,2,3,4)/q2*+1;/p-2. The van der Waals surface area contributed by atoms with E-state index in [-0.39, 0.29) is 24.1 Å². The Kier molecular flexibility index (Phi) is 14.4. The van der Waals surface area contributed by atoms with Crippen LogP contribution in [0.25, 0.3) is 0 Å². The highest BCUT2D eigenvalue weighted by molar-refractivity contribution is 7.42. The molecule has 0 saturated heterocycles. The highest BCUT2D eigenvalue weighted by Gasteiger charge is 2.37. The first-order valence-corrected chi connectivity index (χ1v) is 19.8. The second-order valence-corrected chi connectivity index (χ2v) is 16.5. The van der Waals surface area contributed by atoms with Gasteiger partial charge in [-0.15, -0.1) is 0 Å². The predicted octanol–water partition coefficient (Wildman–Crippen LogP) is 5.71. The molecule has 0 saturated carbocycles. The third-order valence-corrected chi connectivity index (χ3v) is 8.81. The van der Waals surface area contributed by atoms with Crippen molar-refractivity contribution in [2.75, 3.05) is 55.4 Å². The maximum atomic E-state index is 13.1. The number of carbonyl (C=O) groups excluding carboxylic acids is 2. The molecule has 296 valence electrons. The molecule has 0 amide bonds. The van der Waals surface area contributed by atoms with E-state index in [0.717, 1.165) is 80.1 Å². The van der Waals surface area contributed by atoms with E-state index in [1.165, 1.54) is 0 Å². The summed E-state index contributed by atoms with van der Waals surface area (Å²) in [6.07, 6.45) is 1.39. The van der Waals surface area contributed by atoms with E-state index in [1.807, 2.05) is 97.1 Å². The number of quaternary nitrogens is 2. The van der Waals surface area contributed by atoms with Crippen LogP contribution in [-0.4, -0.2) is 93.4 Å². The average molecular weight is 777 g/mol. The molecule has 6 rings (SSSR count). The summed E-state index contributed by atoms with van der Waals surface area (Å²) >= 11 is 0. The smallest absolute Gasteiger partial charge is 0.318 e. The maximum Gasteiger partial charge on any atom is 0.318 e. The number of carbonyl (C=O) groups is 2. The van der Waals surface area contributed by atoms with Crippen molar-refractivity contribution >= 4 is 19.8 Å². The van der Waals surface area contributed by atoms with Gasteiger partial charge in [0.2, 0.25) is 0 Å². The molecule has 0 aromatic heterocycles. The molecule has 0 fully saturated rings. The molecule has 0 aliphatic carbocycles. The Balaban J connectivity index is 0.000000218. The van der Waals surface area contributed by atoms with E-state index in [1.54, 1.807) is 0 Å². The zero-order valence-corrected chi connectivity index (χ0v) is 33.7. The molecular formula is C42H53N2O10P. The summed E-state index contributed by atoms with van der Waals surface area (Å²) in [7, 11) is 7.50. The Morgan fingerprint density at radius 2 is 0.836 bits per heavy atom. The van der Waals surface area contributed by atoms with Crippen LogP contribution in [0.5, 0.6) is 23.0 Å². The summed E-state index contributed by atoms with van der Waals surface area (Å²) in [5.74, 6) is 1.61. The van der Waals surface area contributed by atoms with Crippen molar-refractivity contribution in [2.24, 2.45) is 0 Å². The normalized spacial score (nSPS) is 14.6. The Labute approximate surface area is 324 Å². The fourth-order valence-corrected chi connectivity index (χ4v) is 6.51. The molecule has 55 heavy (non-hydrogen) atoms. The third kappa shape index (κ3) is 12.7. The van der Waals surface area contributed by atoms with Crippen LogP contribution in [0.1, 0.15) is 60.8 Å². The fourth-order valence-electron chi connectivity index (χ4n) is 6.51. The lowest BCUT2D eigenvalue weighted by Crippen LogP contribution is -2.43. The molecule has 2 aliphatic heterocycles. The number of fused-ring (bicyclic) bond motifs is 4. The molecule has 4 aromatic carbocycles. The summed E-state index contributed by atoms with van der Waals surface area (Å²) in [6, 6.07) is 30.8. The number of benzene rings is 4. The Bertz CT molecular complexity index is 1740. The van der Waals surface area contributed by atoms with Gasteiger partial charge in [0.1, 0.15) is 47.9 Å². The largest absolute Gasteiger partial charge is 0.790 e. The number of likely N-dealkylation sites (N-methyl/N-ethyl adjacent to an activating group) is 2. The molecule has 4 aromatic rings. The highest BCUT2D eigenvalue weighted by Crippen LogP contribution is 2.46. The van der Waals surface area contributed by atoms with E-state index in [4.69, 9.17) is 38.2 Å². The van der Waals surface area contributed by atoms with Crippen LogP contribution in [0.3, 0.4) is 0 Å². The third-order valence-electron chi connectivity index (χ3n) is 8.81. The van der Waals surface area contributed by atoms with E-state index < -0.39 is 19.7 Å². The lowest BCUT2D eigenvalue weighted by Gasteiger charge is -2.31. The van der Waals surface area contributed by atoms with Crippen LogP contribution in [0, 0.1) is 0 Å². The van der Waals surface area contributed by atoms with Crippen LogP contribution in [0.2, 0.25) is 0 Å². The topological polar surface area (TPSA) is 154 Å². The quantitative estimate of drug-likeness (QED) is 0.120. The van der Waals surface area contributed by atoms with Crippen molar-refractivity contribution in [3.63, 3.8) is 0 Å². The maximum absolute atomic E-state index is 13.1. The molecular weight excluding hydrogens is 723 g/mol. The van der Waals surface area contributed by atoms with E-state index >= 15 is 0 Å². The van der Waals surface area contributed by atoms with Gasteiger partial charge >= 0.3 is 11.9 Å². The number of esters is 2. The zero-order chi connectivity index (χ0) is 40.6. The van der Waals surface area contributed by atoms with Crippen molar-refractivity contribution in [1.29, 1.82) is 0 Å².